The van der Waals surface area contributed by atoms with Crippen LogP contribution in [-0.2, 0) is 0 Å². The summed E-state index contributed by atoms with van der Waals surface area (Å²) in [4.78, 5) is 4.65. The van der Waals surface area contributed by atoms with Crippen LogP contribution in [0.2, 0.25) is 0 Å². The molecule has 0 spiro atoms. The van der Waals surface area contributed by atoms with Crippen LogP contribution >= 0.6 is 22.6 Å². The summed E-state index contributed by atoms with van der Waals surface area (Å²) in [5.41, 5.74) is 4.42. The zero-order valence-corrected chi connectivity index (χ0v) is 15.2. The van der Waals surface area contributed by atoms with E-state index in [-0.39, 0.29) is 5.82 Å². The lowest BCUT2D eigenvalue weighted by Gasteiger charge is -2.16. The highest BCUT2D eigenvalue weighted by Gasteiger charge is 2.14. The van der Waals surface area contributed by atoms with E-state index in [1.54, 1.807) is 13.2 Å². The Labute approximate surface area is 148 Å². The van der Waals surface area contributed by atoms with E-state index in [2.05, 4.69) is 32.9 Å². The number of methoxy groups -OCH3 is 1. The standard InChI is InChI=1S/C18H16FIN2O/c1-10-9-12(19)7-8-14(10)22-18-13-5-4-6-15(23-3)17(13)21-11(2)16(18)20/h4-9H,1-3H3,(H,21,22). The van der Waals surface area contributed by atoms with Crippen molar-refractivity contribution in [3.63, 3.8) is 0 Å². The molecule has 5 heteroatoms. The van der Waals surface area contributed by atoms with E-state index in [1.165, 1.54) is 12.1 Å². The van der Waals surface area contributed by atoms with Crippen molar-refractivity contribution >= 4 is 44.9 Å². The van der Waals surface area contributed by atoms with Crippen LogP contribution in [-0.4, -0.2) is 12.1 Å². The van der Waals surface area contributed by atoms with Crippen LogP contribution in [0.5, 0.6) is 5.75 Å². The SMILES string of the molecule is COc1cccc2c(Nc3ccc(F)cc3C)c(I)c(C)nc12. The number of benzene rings is 2. The third kappa shape index (κ3) is 2.97. The second-order valence-corrected chi connectivity index (χ2v) is 6.41. The summed E-state index contributed by atoms with van der Waals surface area (Å²) in [6.07, 6.45) is 0. The molecule has 0 unspecified atom stereocenters. The molecule has 0 bridgehead atoms. The van der Waals surface area contributed by atoms with Crippen LogP contribution in [0, 0.1) is 23.2 Å². The van der Waals surface area contributed by atoms with Gasteiger partial charge in [-0.2, -0.15) is 0 Å². The van der Waals surface area contributed by atoms with Gasteiger partial charge in [-0.05, 0) is 66.3 Å². The lowest BCUT2D eigenvalue weighted by Crippen LogP contribution is -2.01. The maximum atomic E-state index is 13.3. The van der Waals surface area contributed by atoms with Gasteiger partial charge in [0.25, 0.3) is 0 Å². The van der Waals surface area contributed by atoms with Crippen molar-refractivity contribution in [3.8, 4) is 5.75 Å². The number of rotatable bonds is 3. The summed E-state index contributed by atoms with van der Waals surface area (Å²) in [7, 11) is 1.64. The topological polar surface area (TPSA) is 34.1 Å². The van der Waals surface area contributed by atoms with Gasteiger partial charge in [-0.1, -0.05) is 12.1 Å². The smallest absolute Gasteiger partial charge is 0.145 e. The van der Waals surface area contributed by atoms with E-state index in [0.29, 0.717) is 0 Å². The Bertz CT molecular complexity index is 896. The third-order valence-corrected chi connectivity index (χ3v) is 5.07. The van der Waals surface area contributed by atoms with Gasteiger partial charge in [0.15, 0.2) is 0 Å². The largest absolute Gasteiger partial charge is 0.494 e. The predicted octanol–water partition coefficient (Wildman–Crippen LogP) is 5.35. The Morgan fingerprint density at radius 2 is 1.96 bits per heavy atom. The van der Waals surface area contributed by atoms with Gasteiger partial charge in [0.1, 0.15) is 17.1 Å². The van der Waals surface area contributed by atoms with Crippen molar-refractivity contribution < 1.29 is 9.13 Å². The molecular formula is C18H16FIN2O. The number of halogens is 2. The second kappa shape index (κ2) is 6.31. The number of aryl methyl sites for hydroxylation is 2. The molecule has 0 amide bonds. The molecule has 3 rings (SSSR count). The molecule has 0 saturated carbocycles. The highest BCUT2D eigenvalue weighted by Crippen LogP contribution is 2.36. The fourth-order valence-corrected chi connectivity index (χ4v) is 3.09. The van der Waals surface area contributed by atoms with Crippen molar-refractivity contribution in [1.29, 1.82) is 0 Å². The van der Waals surface area contributed by atoms with Gasteiger partial charge in [-0.15, -0.1) is 0 Å². The Hall–Kier alpha value is -1.89. The Balaban J connectivity index is 2.21. The number of ether oxygens (including phenoxy) is 1. The predicted molar refractivity (Wildman–Crippen MR) is 100 cm³/mol. The monoisotopic (exact) mass is 422 g/mol. The van der Waals surface area contributed by atoms with Crippen LogP contribution < -0.4 is 10.1 Å². The number of fused-ring (bicyclic) bond motifs is 1. The van der Waals surface area contributed by atoms with Crippen LogP contribution in [0.1, 0.15) is 11.3 Å². The fraction of sp³-hybridized carbons (Fsp3) is 0.167. The summed E-state index contributed by atoms with van der Waals surface area (Å²) in [5, 5.41) is 4.41. The average Bonchev–Trinajstić information content (AvgIpc) is 2.53. The molecule has 0 aliphatic carbocycles. The second-order valence-electron chi connectivity index (χ2n) is 5.33. The van der Waals surface area contributed by atoms with E-state index in [4.69, 9.17) is 4.74 Å². The van der Waals surface area contributed by atoms with Gasteiger partial charge >= 0.3 is 0 Å². The fourth-order valence-electron chi connectivity index (χ4n) is 2.54. The molecular weight excluding hydrogens is 406 g/mol. The number of nitrogens with one attached hydrogen (secondary N) is 1. The summed E-state index contributed by atoms with van der Waals surface area (Å²) in [5.74, 6) is 0.501. The Kier molecular flexibility index (Phi) is 4.39. The van der Waals surface area contributed by atoms with Gasteiger partial charge in [-0.25, -0.2) is 9.37 Å². The first-order chi connectivity index (χ1) is 11.0. The Morgan fingerprint density at radius 1 is 1.17 bits per heavy atom. The van der Waals surface area contributed by atoms with Gasteiger partial charge in [0.05, 0.1) is 22.1 Å². The molecule has 1 heterocycles. The highest BCUT2D eigenvalue weighted by atomic mass is 127. The molecule has 3 nitrogen and oxygen atoms in total. The summed E-state index contributed by atoms with van der Waals surface area (Å²) in [6.45, 7) is 3.85. The van der Waals surface area contributed by atoms with Gasteiger partial charge in [-0.3, -0.25) is 0 Å². The maximum absolute atomic E-state index is 13.3. The minimum atomic E-state index is -0.236. The normalized spacial score (nSPS) is 10.8. The summed E-state index contributed by atoms with van der Waals surface area (Å²) >= 11 is 2.28. The molecule has 3 aromatic rings. The van der Waals surface area contributed by atoms with E-state index >= 15 is 0 Å². The molecule has 0 aliphatic heterocycles. The average molecular weight is 422 g/mol. The first-order valence-corrected chi connectivity index (χ1v) is 8.25. The number of para-hydroxylation sites is 1. The van der Waals surface area contributed by atoms with E-state index in [0.717, 1.165) is 42.9 Å². The van der Waals surface area contributed by atoms with E-state index < -0.39 is 0 Å². The van der Waals surface area contributed by atoms with Crippen molar-refractivity contribution in [2.75, 3.05) is 12.4 Å². The van der Waals surface area contributed by atoms with Gasteiger partial charge in [0.2, 0.25) is 0 Å². The number of anilines is 2. The lowest BCUT2D eigenvalue weighted by atomic mass is 10.1. The molecule has 0 fully saturated rings. The van der Waals surface area contributed by atoms with E-state index in [9.17, 15) is 4.39 Å². The third-order valence-electron chi connectivity index (χ3n) is 3.75. The van der Waals surface area contributed by atoms with E-state index in [1.807, 2.05) is 32.0 Å². The molecule has 0 aliphatic rings. The minimum Gasteiger partial charge on any atom is -0.494 e. The number of hydrogen-bond donors (Lipinski definition) is 1. The molecule has 1 aromatic heterocycles. The van der Waals surface area contributed by atoms with Crippen molar-refractivity contribution in [2.24, 2.45) is 0 Å². The lowest BCUT2D eigenvalue weighted by molar-refractivity contribution is 0.419. The summed E-state index contributed by atoms with van der Waals surface area (Å²) < 4.78 is 19.8. The van der Waals surface area contributed by atoms with Crippen molar-refractivity contribution in [2.45, 2.75) is 13.8 Å². The van der Waals surface area contributed by atoms with Crippen molar-refractivity contribution in [3.05, 3.63) is 57.0 Å². The number of pyridine rings is 1. The molecule has 2 aromatic carbocycles. The van der Waals surface area contributed by atoms with Crippen LogP contribution in [0.4, 0.5) is 15.8 Å². The quantitative estimate of drug-likeness (QED) is 0.578. The number of aromatic nitrogens is 1. The minimum absolute atomic E-state index is 0.236. The Morgan fingerprint density at radius 3 is 2.65 bits per heavy atom. The molecule has 0 saturated heterocycles. The summed E-state index contributed by atoms with van der Waals surface area (Å²) in [6, 6.07) is 10.6. The molecule has 23 heavy (non-hydrogen) atoms. The maximum Gasteiger partial charge on any atom is 0.145 e. The first-order valence-electron chi connectivity index (χ1n) is 7.17. The van der Waals surface area contributed by atoms with Gasteiger partial charge in [0, 0.05) is 11.1 Å². The molecule has 118 valence electrons. The van der Waals surface area contributed by atoms with Crippen LogP contribution in [0.25, 0.3) is 10.9 Å². The van der Waals surface area contributed by atoms with Crippen LogP contribution in [0.3, 0.4) is 0 Å². The van der Waals surface area contributed by atoms with Crippen molar-refractivity contribution in [1.82, 2.24) is 4.98 Å². The number of nitrogens with zero attached hydrogens (tertiary/aromatic N) is 1. The highest BCUT2D eigenvalue weighted by molar-refractivity contribution is 14.1. The number of hydrogen-bond acceptors (Lipinski definition) is 3. The van der Waals surface area contributed by atoms with Crippen LogP contribution in [0.15, 0.2) is 36.4 Å². The van der Waals surface area contributed by atoms with Gasteiger partial charge < -0.3 is 10.1 Å². The molecule has 1 N–H and O–H groups in total. The first kappa shape index (κ1) is 16.0. The molecule has 0 radical (unpaired) electrons. The zero-order chi connectivity index (χ0) is 16.6. The zero-order valence-electron chi connectivity index (χ0n) is 13.1. The molecule has 0 atom stereocenters.